The van der Waals surface area contributed by atoms with Crippen molar-refractivity contribution in [2.75, 3.05) is 26.4 Å². The quantitative estimate of drug-likeness (QED) is 0.260. The first-order chi connectivity index (χ1) is 19.9. The third-order valence-corrected chi connectivity index (χ3v) is 8.03. The molecule has 2 N–H and O–H groups in total. The van der Waals surface area contributed by atoms with Crippen LogP contribution in [0.5, 0.6) is 11.5 Å². The maximum absolute atomic E-state index is 12.8. The van der Waals surface area contributed by atoms with Crippen LogP contribution in [0.25, 0.3) is 0 Å². The monoisotopic (exact) mass is 568 g/mol. The van der Waals surface area contributed by atoms with Crippen molar-refractivity contribution in [2.45, 2.75) is 124 Å². The highest BCUT2D eigenvalue weighted by atomic mass is 16.7. The number of carbonyl (C=O) groups is 2. The smallest absolute Gasteiger partial charge is 0.231 e. The van der Waals surface area contributed by atoms with Crippen molar-refractivity contribution in [3.63, 3.8) is 0 Å². The number of unbranched alkanes of at least 4 members (excludes halogenated alkanes) is 3. The van der Waals surface area contributed by atoms with E-state index in [2.05, 4.69) is 50.8 Å². The summed E-state index contributed by atoms with van der Waals surface area (Å²) in [7, 11) is 0. The van der Waals surface area contributed by atoms with Gasteiger partial charge >= 0.3 is 0 Å². The lowest BCUT2D eigenvalue weighted by molar-refractivity contribution is -0.118. The molecule has 1 aromatic carbocycles. The van der Waals surface area contributed by atoms with Crippen LogP contribution in [-0.4, -0.2) is 48.9 Å². The highest BCUT2D eigenvalue weighted by Gasteiger charge is 2.34. The molecule has 2 heterocycles. The molecule has 2 atom stereocenters. The van der Waals surface area contributed by atoms with Gasteiger partial charge in [-0.2, -0.15) is 0 Å². The van der Waals surface area contributed by atoms with Crippen LogP contribution in [0.2, 0.25) is 0 Å². The number of benzene rings is 1. The number of nitrogens with two attached hydrogens (primary N) is 1. The van der Waals surface area contributed by atoms with E-state index in [-0.39, 0.29) is 18.4 Å². The Bertz CT molecular complexity index is 990. The molecule has 3 aliphatic rings. The van der Waals surface area contributed by atoms with Gasteiger partial charge in [-0.25, -0.2) is 0 Å². The van der Waals surface area contributed by atoms with Crippen molar-refractivity contribution in [2.24, 2.45) is 5.73 Å². The van der Waals surface area contributed by atoms with Crippen LogP contribution in [0.3, 0.4) is 0 Å². The van der Waals surface area contributed by atoms with Crippen LogP contribution < -0.4 is 15.2 Å². The Morgan fingerprint density at radius 2 is 1.73 bits per heavy atom. The van der Waals surface area contributed by atoms with Gasteiger partial charge in [0.05, 0.1) is 6.54 Å². The molecule has 4 rings (SSSR count). The predicted molar refractivity (Wildman–Crippen MR) is 170 cm³/mol. The van der Waals surface area contributed by atoms with Gasteiger partial charge in [-0.15, -0.1) is 0 Å². The largest absolute Gasteiger partial charge is 0.454 e. The number of hydrogen-bond acceptors (Lipinski definition) is 6. The van der Waals surface area contributed by atoms with Gasteiger partial charge in [0, 0.05) is 24.6 Å². The van der Waals surface area contributed by atoms with Crippen molar-refractivity contribution < 1.29 is 19.1 Å². The molecule has 0 amide bonds. The molecule has 6 heteroatoms. The molecule has 230 valence electrons. The molecule has 1 fully saturated rings. The number of ketones is 2. The summed E-state index contributed by atoms with van der Waals surface area (Å²) in [5, 5.41) is 0. The number of hydrogen-bond donors (Lipinski definition) is 1. The first-order valence-corrected chi connectivity index (χ1v) is 16.1. The normalized spacial score (nSPS) is 19.4. The number of nitrogens with zero attached hydrogens (tertiary/aromatic N) is 1. The van der Waals surface area contributed by atoms with E-state index in [0.717, 1.165) is 68.7 Å². The highest BCUT2D eigenvalue weighted by molar-refractivity contribution is 5.98. The molecule has 0 radical (unpaired) electrons. The maximum atomic E-state index is 12.8. The second kappa shape index (κ2) is 19.6. The molecule has 0 bridgehead atoms. The van der Waals surface area contributed by atoms with E-state index in [0.29, 0.717) is 24.9 Å². The zero-order chi connectivity index (χ0) is 30.0. The van der Waals surface area contributed by atoms with E-state index in [4.69, 9.17) is 15.2 Å². The Hall–Kier alpha value is -2.44. The molecule has 6 nitrogen and oxygen atoms in total. The van der Waals surface area contributed by atoms with Crippen molar-refractivity contribution in [3.05, 3.63) is 47.1 Å². The highest BCUT2D eigenvalue weighted by Crippen LogP contribution is 2.39. The Morgan fingerprint density at radius 1 is 1.00 bits per heavy atom. The lowest BCUT2D eigenvalue weighted by Crippen LogP contribution is -2.33. The number of rotatable bonds is 13. The van der Waals surface area contributed by atoms with Gasteiger partial charge in [-0.1, -0.05) is 77.2 Å². The second-order valence-electron chi connectivity index (χ2n) is 11.5. The van der Waals surface area contributed by atoms with Crippen LogP contribution in [0, 0.1) is 0 Å². The van der Waals surface area contributed by atoms with E-state index >= 15 is 0 Å². The summed E-state index contributed by atoms with van der Waals surface area (Å²) in [6, 6.07) is 6.51. The van der Waals surface area contributed by atoms with E-state index in [9.17, 15) is 9.59 Å². The molecule has 2 aliphatic heterocycles. The number of likely N-dealkylation sites (tertiary alicyclic amines) is 1. The van der Waals surface area contributed by atoms with Crippen LogP contribution in [0.1, 0.15) is 123 Å². The third kappa shape index (κ3) is 11.8. The standard InChI is InChI=1S/C26H33NO4.C5H12.C4H11N/c1-3-19-7-4-5-9-23(19)24(29)10-6-8-22-13-21(16-27(22)15-18(2)28)20-11-12-25-26(14-20)31-17-30-25;1-3-5-4-2;1-2-3-4-5/h5,9,11-12,14,21-22H,3-4,6-8,10,13,15-17H2,1-2H3;3-5H2,1-2H3;2-5H2,1H3. The molecule has 1 aromatic rings. The number of carbonyl (C=O) groups excluding carboxylic acids is 2. The lowest BCUT2D eigenvalue weighted by atomic mass is 9.90. The van der Waals surface area contributed by atoms with Gasteiger partial charge < -0.3 is 15.2 Å². The van der Waals surface area contributed by atoms with Gasteiger partial charge in [0.25, 0.3) is 0 Å². The predicted octanol–water partition coefficient (Wildman–Crippen LogP) is 7.90. The summed E-state index contributed by atoms with van der Waals surface area (Å²) >= 11 is 0. The summed E-state index contributed by atoms with van der Waals surface area (Å²) < 4.78 is 11.0. The van der Waals surface area contributed by atoms with Crippen molar-refractivity contribution in [1.29, 1.82) is 0 Å². The minimum atomic E-state index is 0.192. The lowest BCUT2D eigenvalue weighted by Gasteiger charge is -2.23. The average Bonchev–Trinajstić information content (AvgIpc) is 3.61. The summed E-state index contributed by atoms with van der Waals surface area (Å²) in [5.41, 5.74) is 8.62. The molecular weight excluding hydrogens is 512 g/mol. The Morgan fingerprint density at radius 3 is 2.34 bits per heavy atom. The SMILES string of the molecule is CCC1=C(C(=O)CCCC2CC(c3ccc4c(c3)OCO4)CN2CC(C)=O)C=CCC1.CCCCC.CCCCN. The van der Waals surface area contributed by atoms with Crippen molar-refractivity contribution in [1.82, 2.24) is 4.90 Å². The van der Waals surface area contributed by atoms with E-state index in [1.54, 1.807) is 6.92 Å². The molecule has 0 spiro atoms. The minimum Gasteiger partial charge on any atom is -0.454 e. The van der Waals surface area contributed by atoms with Crippen LogP contribution >= 0.6 is 0 Å². The van der Waals surface area contributed by atoms with Crippen molar-refractivity contribution in [3.8, 4) is 11.5 Å². The first kappa shape index (κ1) is 34.8. The van der Waals surface area contributed by atoms with Gasteiger partial charge in [-0.05, 0) is 82.0 Å². The van der Waals surface area contributed by atoms with Crippen LogP contribution in [0.4, 0.5) is 0 Å². The van der Waals surface area contributed by atoms with Gasteiger partial charge in [0.2, 0.25) is 6.79 Å². The molecular formula is C35H56N2O4. The Balaban J connectivity index is 0.000000507. The molecule has 0 saturated carbocycles. The van der Waals surface area contributed by atoms with E-state index in [1.807, 2.05) is 12.1 Å². The molecule has 1 saturated heterocycles. The van der Waals surface area contributed by atoms with Gasteiger partial charge in [0.1, 0.15) is 5.78 Å². The summed E-state index contributed by atoms with van der Waals surface area (Å²) in [5.74, 6) is 2.44. The summed E-state index contributed by atoms with van der Waals surface area (Å²) in [6.07, 6.45) is 17.0. The average molecular weight is 569 g/mol. The number of Topliss-reactive ketones (excluding diaryl/α,β-unsaturated/α-hetero) is 2. The number of ether oxygens (including phenoxy) is 2. The number of fused-ring (bicyclic) bond motifs is 1. The molecule has 1 aliphatic carbocycles. The fraction of sp³-hybridized carbons (Fsp3) is 0.657. The van der Waals surface area contributed by atoms with E-state index in [1.165, 1.54) is 43.2 Å². The maximum Gasteiger partial charge on any atom is 0.231 e. The van der Waals surface area contributed by atoms with Gasteiger partial charge in [0.15, 0.2) is 17.3 Å². The fourth-order valence-corrected chi connectivity index (χ4v) is 5.73. The molecule has 0 aromatic heterocycles. The zero-order valence-electron chi connectivity index (χ0n) is 26.5. The molecule has 2 unspecified atom stereocenters. The molecule has 41 heavy (non-hydrogen) atoms. The van der Waals surface area contributed by atoms with E-state index < -0.39 is 0 Å². The Labute approximate surface area is 249 Å². The number of allylic oxidation sites excluding steroid dienone is 4. The summed E-state index contributed by atoms with van der Waals surface area (Å²) in [4.78, 5) is 27.0. The first-order valence-electron chi connectivity index (χ1n) is 16.1. The zero-order valence-corrected chi connectivity index (χ0v) is 26.5. The van der Waals surface area contributed by atoms with Crippen LogP contribution in [0.15, 0.2) is 41.5 Å². The third-order valence-electron chi connectivity index (χ3n) is 8.03. The summed E-state index contributed by atoms with van der Waals surface area (Å²) in [6.45, 7) is 12.8. The fourth-order valence-electron chi connectivity index (χ4n) is 5.73. The Kier molecular flexibility index (Phi) is 16.7. The van der Waals surface area contributed by atoms with Crippen LogP contribution in [-0.2, 0) is 9.59 Å². The second-order valence-corrected chi connectivity index (χ2v) is 11.5. The topological polar surface area (TPSA) is 81.9 Å². The van der Waals surface area contributed by atoms with Crippen molar-refractivity contribution >= 4 is 11.6 Å². The minimum absolute atomic E-state index is 0.192. The van der Waals surface area contributed by atoms with Gasteiger partial charge in [-0.3, -0.25) is 14.5 Å².